The van der Waals surface area contributed by atoms with Gasteiger partial charge in [-0.15, -0.1) is 0 Å². The van der Waals surface area contributed by atoms with Crippen molar-refractivity contribution in [1.29, 1.82) is 0 Å². The lowest BCUT2D eigenvalue weighted by Crippen LogP contribution is -2.37. The van der Waals surface area contributed by atoms with Crippen LogP contribution in [0.1, 0.15) is 23.1 Å². The zero-order chi connectivity index (χ0) is 28.1. The van der Waals surface area contributed by atoms with Gasteiger partial charge in [0.15, 0.2) is 24.7 Å². The molecule has 1 aliphatic heterocycles. The second-order valence-corrected chi connectivity index (χ2v) is 9.63. The van der Waals surface area contributed by atoms with Crippen molar-refractivity contribution in [2.24, 2.45) is 5.10 Å². The molecule has 1 heterocycles. The minimum absolute atomic E-state index is 0.148. The number of benzene rings is 4. The third-order valence-corrected chi connectivity index (χ3v) is 6.83. The number of hydrogen-bond donors (Lipinski definition) is 1. The SMILES string of the molecule is COc1cc(C2=NN(C(=O)COc3ccc4ccccc4c3)[C@@H](Cc3ccccc3)C2)c(C)cc1OCC(=O)O. The number of aryl methyl sites for hydroxylation is 1. The Bertz CT molecular complexity index is 1570. The average molecular weight is 539 g/mol. The zero-order valence-corrected chi connectivity index (χ0v) is 22.4. The van der Waals surface area contributed by atoms with Gasteiger partial charge in [-0.2, -0.15) is 5.10 Å². The van der Waals surface area contributed by atoms with E-state index >= 15 is 0 Å². The molecule has 0 radical (unpaired) electrons. The van der Waals surface area contributed by atoms with E-state index in [0.29, 0.717) is 30.1 Å². The van der Waals surface area contributed by atoms with Crippen LogP contribution in [-0.2, 0) is 16.0 Å². The van der Waals surface area contributed by atoms with Gasteiger partial charge in [-0.1, -0.05) is 60.7 Å². The van der Waals surface area contributed by atoms with Crippen molar-refractivity contribution in [3.05, 3.63) is 102 Å². The Labute approximate surface area is 232 Å². The molecule has 8 nitrogen and oxygen atoms in total. The van der Waals surface area contributed by atoms with Gasteiger partial charge in [0.1, 0.15) is 5.75 Å². The number of rotatable bonds is 10. The second kappa shape index (κ2) is 11.9. The van der Waals surface area contributed by atoms with Gasteiger partial charge in [0.2, 0.25) is 0 Å². The van der Waals surface area contributed by atoms with Crippen molar-refractivity contribution in [3.8, 4) is 17.2 Å². The van der Waals surface area contributed by atoms with Crippen molar-refractivity contribution < 1.29 is 28.9 Å². The molecule has 40 heavy (non-hydrogen) atoms. The molecule has 0 unspecified atom stereocenters. The number of fused-ring (bicyclic) bond motifs is 1. The topological polar surface area (TPSA) is 97.7 Å². The molecule has 1 aliphatic rings. The fourth-order valence-corrected chi connectivity index (χ4v) is 4.88. The third kappa shape index (κ3) is 6.07. The number of carbonyl (C=O) groups excluding carboxylic acids is 1. The molecule has 0 saturated heterocycles. The van der Waals surface area contributed by atoms with Gasteiger partial charge in [0.25, 0.3) is 5.91 Å². The molecule has 5 rings (SSSR count). The Morgan fingerprint density at radius 2 is 1.65 bits per heavy atom. The van der Waals surface area contributed by atoms with Crippen LogP contribution < -0.4 is 14.2 Å². The molecule has 1 atom stereocenters. The van der Waals surface area contributed by atoms with E-state index in [-0.39, 0.29) is 18.6 Å². The van der Waals surface area contributed by atoms with Gasteiger partial charge in [-0.3, -0.25) is 4.79 Å². The lowest BCUT2D eigenvalue weighted by atomic mass is 9.96. The van der Waals surface area contributed by atoms with Crippen LogP contribution in [0.2, 0.25) is 0 Å². The van der Waals surface area contributed by atoms with Gasteiger partial charge in [0, 0.05) is 12.0 Å². The van der Waals surface area contributed by atoms with Crippen LogP contribution in [0.15, 0.2) is 90.0 Å². The number of aliphatic carboxylic acids is 1. The molecule has 0 fully saturated rings. The Balaban J connectivity index is 1.39. The maximum absolute atomic E-state index is 13.5. The van der Waals surface area contributed by atoms with Crippen molar-refractivity contribution in [1.82, 2.24) is 5.01 Å². The molecule has 8 heteroatoms. The number of carboxylic acid groups (broad SMARTS) is 1. The maximum Gasteiger partial charge on any atom is 0.341 e. The van der Waals surface area contributed by atoms with Gasteiger partial charge in [0.05, 0.1) is 18.9 Å². The molecule has 0 aliphatic carbocycles. The number of amides is 1. The molecule has 0 saturated carbocycles. The van der Waals surface area contributed by atoms with E-state index < -0.39 is 12.6 Å². The highest BCUT2D eigenvalue weighted by atomic mass is 16.5. The van der Waals surface area contributed by atoms with Gasteiger partial charge in [-0.25, -0.2) is 9.80 Å². The Morgan fingerprint density at radius 1 is 0.900 bits per heavy atom. The minimum Gasteiger partial charge on any atom is -0.493 e. The zero-order valence-electron chi connectivity index (χ0n) is 22.4. The van der Waals surface area contributed by atoms with Gasteiger partial charge < -0.3 is 19.3 Å². The minimum atomic E-state index is -1.08. The standard InChI is InChI=1S/C32H30N2O6/c1-21-14-30(40-20-32(36)37)29(38-2)18-27(21)28-17-25(15-22-8-4-3-5-9-22)34(33-28)31(35)19-39-26-13-12-23-10-6-7-11-24(23)16-26/h3-14,16,18,25H,15,17,19-20H2,1-2H3,(H,36,37)/t25-/m0/s1. The molecule has 4 aromatic rings. The smallest absolute Gasteiger partial charge is 0.341 e. The summed E-state index contributed by atoms with van der Waals surface area (Å²) in [6, 6.07) is 27.1. The number of hydrogen-bond acceptors (Lipinski definition) is 6. The first kappa shape index (κ1) is 26.7. The maximum atomic E-state index is 13.5. The molecule has 1 amide bonds. The highest BCUT2D eigenvalue weighted by Crippen LogP contribution is 2.34. The summed E-state index contributed by atoms with van der Waals surface area (Å²) in [6.07, 6.45) is 1.17. The average Bonchev–Trinajstić information content (AvgIpc) is 3.38. The fraction of sp³-hybridized carbons (Fsp3) is 0.219. The molecule has 4 aromatic carbocycles. The van der Waals surface area contributed by atoms with E-state index in [1.54, 1.807) is 12.1 Å². The first-order chi connectivity index (χ1) is 19.4. The quantitative estimate of drug-likeness (QED) is 0.296. The number of methoxy groups -OCH3 is 1. The summed E-state index contributed by atoms with van der Waals surface area (Å²) in [4.78, 5) is 24.5. The van der Waals surface area contributed by atoms with E-state index in [4.69, 9.17) is 24.4 Å². The summed E-state index contributed by atoms with van der Waals surface area (Å²) < 4.78 is 16.8. The van der Waals surface area contributed by atoms with E-state index in [9.17, 15) is 9.59 Å². The van der Waals surface area contributed by atoms with Crippen LogP contribution in [0, 0.1) is 6.92 Å². The molecule has 1 N–H and O–H groups in total. The second-order valence-electron chi connectivity index (χ2n) is 9.63. The van der Waals surface area contributed by atoms with Crippen LogP contribution in [0.3, 0.4) is 0 Å². The van der Waals surface area contributed by atoms with Crippen LogP contribution in [0.4, 0.5) is 0 Å². The van der Waals surface area contributed by atoms with Crippen LogP contribution in [0.5, 0.6) is 17.2 Å². The lowest BCUT2D eigenvalue weighted by Gasteiger charge is -2.22. The van der Waals surface area contributed by atoms with Crippen LogP contribution in [-0.4, -0.2) is 54.1 Å². The first-order valence-electron chi connectivity index (χ1n) is 13.0. The predicted molar refractivity (Wildman–Crippen MR) is 152 cm³/mol. The Kier molecular flexibility index (Phi) is 7.96. The Hall–Kier alpha value is -4.85. The van der Waals surface area contributed by atoms with Crippen molar-refractivity contribution in [2.75, 3.05) is 20.3 Å². The predicted octanol–water partition coefficient (Wildman–Crippen LogP) is 5.25. The summed E-state index contributed by atoms with van der Waals surface area (Å²) in [5, 5.41) is 17.4. The van der Waals surface area contributed by atoms with E-state index in [2.05, 4.69) is 0 Å². The number of ether oxygens (including phenoxy) is 3. The summed E-state index contributed by atoms with van der Waals surface area (Å²) >= 11 is 0. The van der Waals surface area contributed by atoms with Crippen molar-refractivity contribution in [3.63, 3.8) is 0 Å². The first-order valence-corrected chi connectivity index (χ1v) is 13.0. The summed E-state index contributed by atoms with van der Waals surface area (Å²) in [5.41, 5.74) is 3.48. The summed E-state index contributed by atoms with van der Waals surface area (Å²) in [6.45, 7) is 1.27. The van der Waals surface area contributed by atoms with Crippen LogP contribution >= 0.6 is 0 Å². The summed E-state index contributed by atoms with van der Waals surface area (Å²) in [7, 11) is 1.50. The third-order valence-electron chi connectivity index (χ3n) is 6.83. The highest BCUT2D eigenvalue weighted by Gasteiger charge is 2.33. The molecular formula is C32H30N2O6. The van der Waals surface area contributed by atoms with Gasteiger partial charge in [-0.05, 0) is 59.5 Å². The van der Waals surface area contributed by atoms with Crippen molar-refractivity contribution >= 4 is 28.4 Å². The molecule has 0 bridgehead atoms. The van der Waals surface area contributed by atoms with Gasteiger partial charge >= 0.3 is 5.97 Å². The van der Waals surface area contributed by atoms with E-state index in [1.807, 2.05) is 79.7 Å². The Morgan fingerprint density at radius 3 is 2.40 bits per heavy atom. The highest BCUT2D eigenvalue weighted by molar-refractivity contribution is 6.04. The number of nitrogens with zero attached hydrogens (tertiary/aromatic N) is 2. The molecular weight excluding hydrogens is 508 g/mol. The normalized spacial score (nSPS) is 14.6. The largest absolute Gasteiger partial charge is 0.493 e. The molecule has 204 valence electrons. The van der Waals surface area contributed by atoms with E-state index in [0.717, 1.165) is 33.2 Å². The monoisotopic (exact) mass is 538 g/mol. The number of carboxylic acids is 1. The fourth-order valence-electron chi connectivity index (χ4n) is 4.88. The van der Waals surface area contributed by atoms with E-state index in [1.165, 1.54) is 12.1 Å². The number of hydrazone groups is 1. The van der Waals surface area contributed by atoms with Crippen LogP contribution in [0.25, 0.3) is 10.8 Å². The molecule has 0 spiro atoms. The van der Waals surface area contributed by atoms with Crippen molar-refractivity contribution in [2.45, 2.75) is 25.8 Å². The molecule has 0 aromatic heterocycles. The summed E-state index contributed by atoms with van der Waals surface area (Å²) in [5.74, 6) is 0.0337. The number of carbonyl (C=O) groups is 2. The lowest BCUT2D eigenvalue weighted by molar-refractivity contribution is -0.139.